The van der Waals surface area contributed by atoms with Crippen LogP contribution in [0.25, 0.3) is 11.1 Å². The van der Waals surface area contributed by atoms with Crippen molar-refractivity contribution in [1.82, 2.24) is 10.2 Å². The Morgan fingerprint density at radius 2 is 1.53 bits per heavy atom. The van der Waals surface area contributed by atoms with Gasteiger partial charge in [-0.25, -0.2) is 9.59 Å². The minimum atomic E-state index is -0.484. The number of amides is 2. The molecule has 1 saturated heterocycles. The topological polar surface area (TPSA) is 88.1 Å². The quantitative estimate of drug-likeness (QED) is 0.549. The lowest BCUT2D eigenvalue weighted by Gasteiger charge is -2.27. The Labute approximate surface area is 209 Å². The third-order valence-electron chi connectivity index (χ3n) is 7.74. The van der Waals surface area contributed by atoms with Gasteiger partial charge in [0.05, 0.1) is 12.6 Å². The fraction of sp³-hybridized carbons (Fsp3) is 0.310. The number of hydrogen-bond acceptors (Lipinski definition) is 5. The molecule has 3 aromatic carbocycles. The number of hydrogen-bond donors (Lipinski definition) is 2. The first kappa shape index (κ1) is 22.6. The number of benzene rings is 3. The number of ether oxygens (including phenoxy) is 2. The lowest BCUT2D eigenvalue weighted by Crippen LogP contribution is -2.45. The van der Waals surface area contributed by atoms with Gasteiger partial charge < -0.3 is 24.8 Å². The van der Waals surface area contributed by atoms with Gasteiger partial charge in [-0.15, -0.1) is 0 Å². The SMILES string of the molecule is O=C(N[C@H]1[C@@H]2CN(C(=O)OCC3c4ccccc4-c4ccccc43)[C@@H](CO)[C@@H]21)OCc1ccccc1. The predicted molar refractivity (Wildman–Crippen MR) is 133 cm³/mol. The molecule has 36 heavy (non-hydrogen) atoms. The summed E-state index contributed by atoms with van der Waals surface area (Å²) in [4.78, 5) is 26.9. The van der Waals surface area contributed by atoms with Crippen LogP contribution in [0.15, 0.2) is 78.9 Å². The largest absolute Gasteiger partial charge is 0.448 e. The number of aliphatic hydroxyl groups is 1. The van der Waals surface area contributed by atoms with E-state index in [0.717, 1.165) is 16.7 Å². The maximum absolute atomic E-state index is 13.0. The molecule has 2 aliphatic carbocycles. The Morgan fingerprint density at radius 1 is 0.889 bits per heavy atom. The van der Waals surface area contributed by atoms with E-state index in [9.17, 15) is 14.7 Å². The average Bonchev–Trinajstić information content (AvgIpc) is 3.28. The molecule has 1 aliphatic heterocycles. The summed E-state index contributed by atoms with van der Waals surface area (Å²) in [7, 11) is 0. The highest BCUT2D eigenvalue weighted by Gasteiger charge is 2.63. The minimum Gasteiger partial charge on any atom is -0.448 e. The Morgan fingerprint density at radius 3 is 2.19 bits per heavy atom. The summed E-state index contributed by atoms with van der Waals surface area (Å²) in [6.45, 7) is 0.702. The number of fused-ring (bicyclic) bond motifs is 4. The molecule has 0 aromatic heterocycles. The normalized spacial score (nSPS) is 23.4. The Kier molecular flexibility index (Phi) is 5.85. The number of nitrogens with one attached hydrogen (secondary N) is 1. The molecule has 2 N–H and O–H groups in total. The average molecular weight is 485 g/mol. The zero-order valence-corrected chi connectivity index (χ0v) is 19.7. The van der Waals surface area contributed by atoms with E-state index < -0.39 is 12.2 Å². The molecule has 3 aliphatic rings. The molecule has 6 rings (SSSR count). The van der Waals surface area contributed by atoms with Crippen LogP contribution < -0.4 is 5.32 Å². The van der Waals surface area contributed by atoms with Crippen LogP contribution in [0.2, 0.25) is 0 Å². The van der Waals surface area contributed by atoms with Gasteiger partial charge in [-0.2, -0.15) is 0 Å². The fourth-order valence-electron chi connectivity index (χ4n) is 5.94. The van der Waals surface area contributed by atoms with Gasteiger partial charge in [0.25, 0.3) is 0 Å². The van der Waals surface area contributed by atoms with Crippen molar-refractivity contribution in [3.8, 4) is 11.1 Å². The van der Waals surface area contributed by atoms with Crippen LogP contribution in [0.4, 0.5) is 9.59 Å². The van der Waals surface area contributed by atoms with Crippen molar-refractivity contribution in [2.24, 2.45) is 11.8 Å². The van der Waals surface area contributed by atoms with E-state index in [0.29, 0.717) is 6.54 Å². The third kappa shape index (κ3) is 3.99. The van der Waals surface area contributed by atoms with Gasteiger partial charge in [0.2, 0.25) is 0 Å². The Bertz CT molecular complexity index is 1230. The van der Waals surface area contributed by atoms with Crippen LogP contribution in [0, 0.1) is 11.8 Å². The summed E-state index contributed by atoms with van der Waals surface area (Å²) >= 11 is 0. The van der Waals surface area contributed by atoms with E-state index in [1.54, 1.807) is 4.90 Å². The summed E-state index contributed by atoms with van der Waals surface area (Å²) in [6.07, 6.45) is -0.906. The molecule has 7 heteroatoms. The third-order valence-corrected chi connectivity index (χ3v) is 7.74. The van der Waals surface area contributed by atoms with E-state index >= 15 is 0 Å². The van der Waals surface area contributed by atoms with Gasteiger partial charge in [0.1, 0.15) is 13.2 Å². The Balaban J connectivity index is 1.04. The van der Waals surface area contributed by atoms with Crippen molar-refractivity contribution in [2.75, 3.05) is 19.8 Å². The van der Waals surface area contributed by atoms with Gasteiger partial charge in [-0.1, -0.05) is 78.9 Å². The maximum atomic E-state index is 13.0. The number of carbonyl (C=O) groups is 2. The summed E-state index contributed by atoms with van der Waals surface area (Å²) < 4.78 is 11.1. The number of alkyl carbamates (subject to hydrolysis) is 1. The monoisotopic (exact) mass is 484 g/mol. The second-order valence-electron chi connectivity index (χ2n) is 9.68. The number of aliphatic hydroxyl groups excluding tert-OH is 1. The number of nitrogens with zero attached hydrogens (tertiary/aromatic N) is 1. The van der Waals surface area contributed by atoms with Crippen LogP contribution in [-0.2, 0) is 16.1 Å². The predicted octanol–water partition coefficient (Wildman–Crippen LogP) is 4.15. The molecule has 7 nitrogen and oxygen atoms in total. The maximum Gasteiger partial charge on any atom is 0.410 e. The number of piperidine rings is 1. The van der Waals surface area contributed by atoms with E-state index in [4.69, 9.17) is 9.47 Å². The standard InChI is InChI=1S/C29H28N2O5/c32-15-25-26-23(27(26)30-28(33)35-16-18-8-2-1-3-9-18)14-31(25)29(34)36-17-24-21-12-6-4-10-19(21)20-11-5-7-13-22(20)24/h1-13,23-27,32H,14-17H2,(H,30,33)/t23-,25+,26-,27+/m1/s1. The molecule has 0 bridgehead atoms. The molecule has 2 amide bonds. The van der Waals surface area contributed by atoms with E-state index in [-0.39, 0.29) is 49.7 Å². The highest BCUT2D eigenvalue weighted by molar-refractivity contribution is 5.79. The van der Waals surface area contributed by atoms with Crippen molar-refractivity contribution in [3.05, 3.63) is 95.6 Å². The summed E-state index contributed by atoms with van der Waals surface area (Å²) in [5, 5.41) is 12.9. The molecular weight excluding hydrogens is 456 g/mol. The van der Waals surface area contributed by atoms with Gasteiger partial charge >= 0.3 is 12.2 Å². The molecule has 184 valence electrons. The summed E-state index contributed by atoms with van der Waals surface area (Å²) in [5.41, 5.74) is 5.59. The second-order valence-corrected chi connectivity index (χ2v) is 9.68. The van der Waals surface area contributed by atoms with Crippen molar-refractivity contribution in [2.45, 2.75) is 24.6 Å². The number of rotatable bonds is 6. The molecular formula is C29H28N2O5. The summed E-state index contributed by atoms with van der Waals surface area (Å²) in [6, 6.07) is 25.4. The van der Waals surface area contributed by atoms with Gasteiger partial charge in [-0.05, 0) is 27.8 Å². The van der Waals surface area contributed by atoms with Crippen LogP contribution in [0.5, 0.6) is 0 Å². The van der Waals surface area contributed by atoms with Gasteiger partial charge in [0, 0.05) is 30.3 Å². The highest BCUT2D eigenvalue weighted by Crippen LogP contribution is 2.50. The summed E-state index contributed by atoms with van der Waals surface area (Å²) in [5.74, 6) is 0.0755. The van der Waals surface area contributed by atoms with E-state index in [1.807, 2.05) is 54.6 Å². The van der Waals surface area contributed by atoms with E-state index in [2.05, 4.69) is 29.6 Å². The van der Waals surface area contributed by atoms with Crippen molar-refractivity contribution < 1.29 is 24.2 Å². The van der Waals surface area contributed by atoms with Crippen LogP contribution in [0.3, 0.4) is 0 Å². The lowest BCUT2D eigenvalue weighted by molar-refractivity contribution is 0.0715. The zero-order chi connectivity index (χ0) is 24.6. The van der Waals surface area contributed by atoms with Gasteiger partial charge in [-0.3, -0.25) is 0 Å². The number of carbonyl (C=O) groups excluding carboxylic acids is 2. The first-order valence-electron chi connectivity index (χ1n) is 12.4. The molecule has 3 aromatic rings. The molecule has 2 fully saturated rings. The first-order valence-corrected chi connectivity index (χ1v) is 12.4. The Hall–Kier alpha value is -3.84. The lowest BCUT2D eigenvalue weighted by atomic mass is 9.98. The second kappa shape index (κ2) is 9.32. The van der Waals surface area contributed by atoms with Crippen LogP contribution in [-0.4, -0.2) is 54.0 Å². The highest BCUT2D eigenvalue weighted by atomic mass is 16.6. The van der Waals surface area contributed by atoms with Crippen molar-refractivity contribution >= 4 is 12.2 Å². The molecule has 1 saturated carbocycles. The van der Waals surface area contributed by atoms with Gasteiger partial charge in [0.15, 0.2) is 0 Å². The van der Waals surface area contributed by atoms with Crippen LogP contribution >= 0.6 is 0 Å². The molecule has 0 spiro atoms. The smallest absolute Gasteiger partial charge is 0.410 e. The first-order chi connectivity index (χ1) is 17.7. The van der Waals surface area contributed by atoms with E-state index in [1.165, 1.54) is 11.1 Å². The van der Waals surface area contributed by atoms with Crippen molar-refractivity contribution in [1.29, 1.82) is 0 Å². The molecule has 0 radical (unpaired) electrons. The van der Waals surface area contributed by atoms with Crippen molar-refractivity contribution in [3.63, 3.8) is 0 Å². The zero-order valence-electron chi connectivity index (χ0n) is 19.7. The fourth-order valence-corrected chi connectivity index (χ4v) is 5.94. The number of likely N-dealkylation sites (tertiary alicyclic amines) is 1. The molecule has 1 heterocycles. The molecule has 4 atom stereocenters. The minimum absolute atomic E-state index is 0.000224. The molecule has 0 unspecified atom stereocenters. The van der Waals surface area contributed by atoms with Crippen LogP contribution in [0.1, 0.15) is 22.6 Å².